The predicted molar refractivity (Wildman–Crippen MR) is 168 cm³/mol. The van der Waals surface area contributed by atoms with Gasteiger partial charge in [-0.1, -0.05) is 20.8 Å². The number of aliphatic hydroxyl groups is 1. The van der Waals surface area contributed by atoms with E-state index in [-0.39, 0.29) is 6.61 Å². The van der Waals surface area contributed by atoms with Crippen molar-refractivity contribution >= 4 is 0 Å². The first-order valence-electron chi connectivity index (χ1n) is 15.8. The topological polar surface area (TPSA) is 33.2 Å². The van der Waals surface area contributed by atoms with Gasteiger partial charge in [0.15, 0.2) is 0 Å². The molecule has 5 nitrogen and oxygen atoms in total. The molecule has 0 spiro atoms. The van der Waals surface area contributed by atoms with E-state index in [1.165, 1.54) is 38.8 Å². The summed E-state index contributed by atoms with van der Waals surface area (Å²) in [5.41, 5.74) is 0. The molecule has 0 amide bonds. The second-order valence-electron chi connectivity index (χ2n) is 12.5. The van der Waals surface area contributed by atoms with Crippen LogP contribution in [0.3, 0.4) is 0 Å². The van der Waals surface area contributed by atoms with Crippen LogP contribution in [0.25, 0.3) is 0 Å². The lowest BCUT2D eigenvalue weighted by molar-refractivity contribution is 0.134. The Hall–Kier alpha value is -0.200. The van der Waals surface area contributed by atoms with Crippen LogP contribution >= 0.6 is 0 Å². The highest BCUT2D eigenvalue weighted by Gasteiger charge is 2.40. The van der Waals surface area contributed by atoms with Crippen molar-refractivity contribution in [3.63, 3.8) is 0 Å². The summed E-state index contributed by atoms with van der Waals surface area (Å²) in [4.78, 5) is 9.86. The zero-order valence-electron chi connectivity index (χ0n) is 28.2. The molecule has 37 heavy (non-hydrogen) atoms. The van der Waals surface area contributed by atoms with Gasteiger partial charge in [-0.2, -0.15) is 0 Å². The normalized spacial score (nSPS) is 15.7. The van der Waals surface area contributed by atoms with Crippen molar-refractivity contribution < 1.29 is 5.11 Å². The Kier molecular flexibility index (Phi) is 22.7. The molecule has 0 saturated heterocycles. The van der Waals surface area contributed by atoms with Crippen molar-refractivity contribution in [3.8, 4) is 0 Å². The SMILES string of the molecule is CC(C)N(C1CC1)C1CC1.CC(C)N(CCO)C(C)C.CCN(C(C)C)C(C)C.CCN(CC)C(C)C. The molecule has 2 aliphatic carbocycles. The van der Waals surface area contributed by atoms with Gasteiger partial charge in [-0.3, -0.25) is 14.7 Å². The van der Waals surface area contributed by atoms with Crippen molar-refractivity contribution in [2.75, 3.05) is 32.8 Å². The first-order valence-corrected chi connectivity index (χ1v) is 15.8. The Morgan fingerprint density at radius 2 is 0.865 bits per heavy atom. The number of rotatable bonds is 13. The van der Waals surface area contributed by atoms with Crippen LogP contribution in [0.5, 0.6) is 0 Å². The maximum absolute atomic E-state index is 8.69. The third-order valence-electron chi connectivity index (χ3n) is 7.45. The molecule has 0 atom stereocenters. The summed E-state index contributed by atoms with van der Waals surface area (Å²) in [6.07, 6.45) is 5.87. The van der Waals surface area contributed by atoms with Crippen LogP contribution in [0.1, 0.15) is 130 Å². The van der Waals surface area contributed by atoms with Gasteiger partial charge in [0.25, 0.3) is 0 Å². The molecule has 0 aromatic rings. The zero-order chi connectivity index (χ0) is 29.3. The second kappa shape index (κ2) is 21.6. The van der Waals surface area contributed by atoms with E-state index in [9.17, 15) is 0 Å². The fraction of sp³-hybridized carbons (Fsp3) is 1.00. The van der Waals surface area contributed by atoms with E-state index in [1.54, 1.807) is 0 Å². The summed E-state index contributed by atoms with van der Waals surface area (Å²) < 4.78 is 0. The van der Waals surface area contributed by atoms with Gasteiger partial charge in [0.2, 0.25) is 0 Å². The van der Waals surface area contributed by atoms with Gasteiger partial charge in [0.1, 0.15) is 0 Å². The first-order chi connectivity index (χ1) is 17.2. The summed E-state index contributed by atoms with van der Waals surface area (Å²) in [7, 11) is 0. The highest BCUT2D eigenvalue weighted by atomic mass is 16.3. The fourth-order valence-electron chi connectivity index (χ4n) is 5.40. The van der Waals surface area contributed by atoms with Crippen LogP contribution in [0.4, 0.5) is 0 Å². The van der Waals surface area contributed by atoms with Crippen molar-refractivity contribution in [2.24, 2.45) is 0 Å². The van der Waals surface area contributed by atoms with Gasteiger partial charge in [-0.05, 0) is 128 Å². The third kappa shape index (κ3) is 18.7. The minimum absolute atomic E-state index is 0.260. The molecule has 0 heterocycles. The van der Waals surface area contributed by atoms with Crippen molar-refractivity contribution in [1.82, 2.24) is 19.6 Å². The quantitative estimate of drug-likeness (QED) is 0.279. The summed E-state index contributed by atoms with van der Waals surface area (Å²) in [6.45, 7) is 37.8. The van der Waals surface area contributed by atoms with Crippen LogP contribution in [0, 0.1) is 0 Å². The average molecular weight is 529 g/mol. The molecule has 0 aliphatic heterocycles. The van der Waals surface area contributed by atoms with E-state index in [4.69, 9.17) is 5.11 Å². The lowest BCUT2D eigenvalue weighted by atomic mass is 10.2. The Bertz CT molecular complexity index is 464. The molecule has 0 aromatic heterocycles. The Morgan fingerprint density at radius 1 is 0.514 bits per heavy atom. The lowest BCUT2D eigenvalue weighted by Crippen LogP contribution is -2.38. The van der Waals surface area contributed by atoms with Crippen LogP contribution in [0.2, 0.25) is 0 Å². The molecular weight excluding hydrogens is 456 g/mol. The maximum atomic E-state index is 8.69. The average Bonchev–Trinajstić information content (AvgIpc) is 3.70. The monoisotopic (exact) mass is 529 g/mol. The summed E-state index contributed by atoms with van der Waals surface area (Å²) in [5, 5.41) is 8.69. The third-order valence-corrected chi connectivity index (χ3v) is 7.45. The van der Waals surface area contributed by atoms with Gasteiger partial charge < -0.3 is 10.0 Å². The Morgan fingerprint density at radius 3 is 0.946 bits per heavy atom. The fourth-order valence-corrected chi connectivity index (χ4v) is 5.40. The highest BCUT2D eigenvalue weighted by Crippen LogP contribution is 2.38. The second-order valence-corrected chi connectivity index (χ2v) is 12.5. The lowest BCUT2D eigenvalue weighted by Gasteiger charge is -2.29. The van der Waals surface area contributed by atoms with E-state index < -0.39 is 0 Å². The van der Waals surface area contributed by atoms with Crippen LogP contribution < -0.4 is 0 Å². The van der Waals surface area contributed by atoms with Crippen molar-refractivity contribution in [2.45, 2.75) is 178 Å². The minimum Gasteiger partial charge on any atom is -0.395 e. The molecule has 2 fully saturated rings. The minimum atomic E-state index is 0.260. The largest absolute Gasteiger partial charge is 0.395 e. The summed E-state index contributed by atoms with van der Waals surface area (Å²) in [5.74, 6) is 0. The molecule has 0 bridgehead atoms. The molecular formula is C32H72N4O. The van der Waals surface area contributed by atoms with E-state index in [0.29, 0.717) is 30.2 Å². The van der Waals surface area contributed by atoms with Gasteiger partial charge in [-0.25, -0.2) is 0 Å². The van der Waals surface area contributed by atoms with Crippen LogP contribution in [-0.2, 0) is 0 Å². The molecule has 2 saturated carbocycles. The molecule has 2 rings (SSSR count). The zero-order valence-corrected chi connectivity index (χ0v) is 28.2. The molecule has 1 N–H and O–H groups in total. The number of hydrogen-bond acceptors (Lipinski definition) is 5. The van der Waals surface area contributed by atoms with Gasteiger partial charge in [0, 0.05) is 54.9 Å². The smallest absolute Gasteiger partial charge is 0.0558 e. The standard InChI is InChI=1S/C9H17N.C8H19NO.C8H19N.C7H17N/c1-7(2)10(8-3-4-8)9-5-6-9;1-7(2)9(5-6-10)8(3)4;1-6-9(7(2)3)8(4)5;1-5-8(6-2)7(3)4/h7-9H,3-6H2,1-2H3;7-8,10H,5-6H2,1-4H3;7-8H,6H2,1-5H3;7H,5-6H2,1-4H3. The molecule has 0 unspecified atom stereocenters. The first kappa shape index (κ1) is 38.9. The van der Waals surface area contributed by atoms with E-state index in [0.717, 1.165) is 31.2 Å². The van der Waals surface area contributed by atoms with E-state index in [2.05, 4.69) is 123 Å². The Balaban J connectivity index is 0. The van der Waals surface area contributed by atoms with Gasteiger partial charge in [0.05, 0.1) is 6.61 Å². The number of nitrogens with zero attached hydrogens (tertiary/aromatic N) is 4. The molecule has 226 valence electrons. The highest BCUT2D eigenvalue weighted by molar-refractivity contribution is 4.95. The summed E-state index contributed by atoms with van der Waals surface area (Å²) >= 11 is 0. The van der Waals surface area contributed by atoms with E-state index >= 15 is 0 Å². The van der Waals surface area contributed by atoms with E-state index in [1.807, 2.05) is 0 Å². The van der Waals surface area contributed by atoms with Crippen molar-refractivity contribution in [3.05, 3.63) is 0 Å². The molecule has 0 aromatic carbocycles. The maximum Gasteiger partial charge on any atom is 0.0558 e. The number of aliphatic hydroxyl groups excluding tert-OH is 1. The molecule has 0 radical (unpaired) electrons. The predicted octanol–water partition coefficient (Wildman–Crippen LogP) is 6.98. The van der Waals surface area contributed by atoms with Gasteiger partial charge >= 0.3 is 0 Å². The van der Waals surface area contributed by atoms with Crippen LogP contribution in [0.15, 0.2) is 0 Å². The molecule has 5 heteroatoms. The van der Waals surface area contributed by atoms with Crippen molar-refractivity contribution in [1.29, 1.82) is 0 Å². The van der Waals surface area contributed by atoms with Crippen LogP contribution in [-0.4, -0.2) is 106 Å². The Labute approximate surface area is 235 Å². The summed E-state index contributed by atoms with van der Waals surface area (Å²) in [6, 6.07) is 5.91. The molecule has 2 aliphatic rings. The van der Waals surface area contributed by atoms with Gasteiger partial charge in [-0.15, -0.1) is 0 Å². The number of hydrogen-bond donors (Lipinski definition) is 1.